The van der Waals surface area contributed by atoms with Gasteiger partial charge in [0.15, 0.2) is 15.4 Å². The first-order chi connectivity index (χ1) is 9.45. The molecule has 0 amide bonds. The van der Waals surface area contributed by atoms with Crippen molar-refractivity contribution >= 4 is 44.4 Å². The Kier molecular flexibility index (Phi) is 3.29. The van der Waals surface area contributed by atoms with E-state index in [2.05, 4.69) is 4.98 Å². The fraction of sp³-hybridized carbons (Fsp3) is 0.417. The van der Waals surface area contributed by atoms with Gasteiger partial charge in [-0.1, -0.05) is 0 Å². The smallest absolute Gasteiger partial charge is 0.299 e. The number of aromatic nitrogens is 1. The highest BCUT2D eigenvalue weighted by Gasteiger charge is 2.33. The van der Waals surface area contributed by atoms with E-state index in [4.69, 9.17) is 10.2 Å². The summed E-state index contributed by atoms with van der Waals surface area (Å²) in [4.78, 5) is 6.10. The van der Waals surface area contributed by atoms with E-state index in [9.17, 15) is 8.42 Å². The van der Waals surface area contributed by atoms with Gasteiger partial charge in [-0.25, -0.2) is 8.42 Å². The van der Waals surface area contributed by atoms with Crippen molar-refractivity contribution in [3.8, 4) is 0 Å². The van der Waals surface area contributed by atoms with E-state index < -0.39 is 15.2 Å². The van der Waals surface area contributed by atoms with E-state index in [0.29, 0.717) is 35.1 Å². The standard InChI is InChI=1S/C12H15N3O3S2/c1-20(16,17)11-7-19-5-4-15(11)12-14-9-3-2-8(13)6-10(9)18-12/h2-3,6,11H,4-5,7,13H2,1H3. The van der Waals surface area contributed by atoms with Gasteiger partial charge in [0.1, 0.15) is 10.9 Å². The number of rotatable bonds is 2. The lowest BCUT2D eigenvalue weighted by molar-refractivity contribution is 0.546. The highest BCUT2D eigenvalue weighted by Crippen LogP contribution is 2.29. The minimum Gasteiger partial charge on any atom is -0.423 e. The average Bonchev–Trinajstić information content (AvgIpc) is 2.80. The molecule has 1 aliphatic heterocycles. The maximum Gasteiger partial charge on any atom is 0.299 e. The third-order valence-electron chi connectivity index (χ3n) is 3.23. The second-order valence-corrected chi connectivity index (χ2v) is 8.13. The normalized spacial score (nSPS) is 20.4. The Hall–Kier alpha value is -1.41. The van der Waals surface area contributed by atoms with Crippen LogP contribution in [0.2, 0.25) is 0 Å². The predicted molar refractivity (Wildman–Crippen MR) is 81.7 cm³/mol. The second kappa shape index (κ2) is 4.85. The fourth-order valence-electron chi connectivity index (χ4n) is 2.21. The number of hydrogen-bond donors (Lipinski definition) is 1. The molecule has 108 valence electrons. The number of nitrogen functional groups attached to an aromatic ring is 1. The van der Waals surface area contributed by atoms with E-state index in [1.54, 1.807) is 34.9 Å². The summed E-state index contributed by atoms with van der Waals surface area (Å²) in [7, 11) is -3.19. The number of nitrogens with two attached hydrogens (primary N) is 1. The van der Waals surface area contributed by atoms with E-state index >= 15 is 0 Å². The summed E-state index contributed by atoms with van der Waals surface area (Å²) in [6, 6.07) is 5.56. The molecule has 6 nitrogen and oxygen atoms in total. The summed E-state index contributed by atoms with van der Waals surface area (Å²) in [6.07, 6.45) is 1.25. The van der Waals surface area contributed by atoms with Gasteiger partial charge in [-0.15, -0.1) is 0 Å². The number of oxazole rings is 1. The molecule has 2 aromatic rings. The number of nitrogens with zero attached hydrogens (tertiary/aromatic N) is 2. The van der Waals surface area contributed by atoms with Crippen molar-refractivity contribution in [3.63, 3.8) is 0 Å². The summed E-state index contributed by atoms with van der Waals surface area (Å²) >= 11 is 1.63. The average molecular weight is 313 g/mol. The van der Waals surface area contributed by atoms with Gasteiger partial charge in [-0.05, 0) is 12.1 Å². The molecule has 1 fully saturated rings. The first-order valence-electron chi connectivity index (χ1n) is 6.14. The zero-order chi connectivity index (χ0) is 14.3. The van der Waals surface area contributed by atoms with E-state index in [1.165, 1.54) is 6.26 Å². The van der Waals surface area contributed by atoms with Crippen LogP contribution in [0, 0.1) is 0 Å². The second-order valence-electron chi connectivity index (χ2n) is 4.78. The molecule has 3 rings (SSSR count). The highest BCUT2D eigenvalue weighted by atomic mass is 32.2. The molecule has 8 heteroatoms. The fourth-order valence-corrected chi connectivity index (χ4v) is 5.02. The van der Waals surface area contributed by atoms with Crippen molar-refractivity contribution in [1.82, 2.24) is 4.98 Å². The van der Waals surface area contributed by atoms with Gasteiger partial charge in [0, 0.05) is 36.1 Å². The van der Waals surface area contributed by atoms with Crippen LogP contribution in [0.4, 0.5) is 11.7 Å². The molecule has 2 N–H and O–H groups in total. The predicted octanol–water partition coefficient (Wildman–Crippen LogP) is 1.33. The summed E-state index contributed by atoms with van der Waals surface area (Å²) in [5, 5.41) is -0.591. The van der Waals surface area contributed by atoms with Gasteiger partial charge in [0.2, 0.25) is 0 Å². The van der Waals surface area contributed by atoms with Crippen molar-refractivity contribution in [2.75, 3.05) is 34.9 Å². The van der Waals surface area contributed by atoms with Crippen molar-refractivity contribution < 1.29 is 12.8 Å². The number of fused-ring (bicyclic) bond motifs is 1. The largest absolute Gasteiger partial charge is 0.423 e. The first kappa shape index (κ1) is 13.6. The Morgan fingerprint density at radius 3 is 3.05 bits per heavy atom. The van der Waals surface area contributed by atoms with Crippen LogP contribution in [0.15, 0.2) is 22.6 Å². The number of thioether (sulfide) groups is 1. The zero-order valence-corrected chi connectivity index (χ0v) is 12.6. The van der Waals surface area contributed by atoms with Crippen molar-refractivity contribution in [3.05, 3.63) is 18.2 Å². The third-order valence-corrected chi connectivity index (χ3v) is 5.87. The van der Waals surface area contributed by atoms with Gasteiger partial charge in [0.25, 0.3) is 6.01 Å². The van der Waals surface area contributed by atoms with Crippen LogP contribution in [0.3, 0.4) is 0 Å². The van der Waals surface area contributed by atoms with Gasteiger partial charge in [0.05, 0.1) is 0 Å². The molecule has 0 aliphatic carbocycles. The Balaban J connectivity index is 2.03. The van der Waals surface area contributed by atoms with Crippen LogP contribution >= 0.6 is 11.8 Å². The van der Waals surface area contributed by atoms with E-state index in [0.717, 1.165) is 5.75 Å². The first-order valence-corrected chi connectivity index (χ1v) is 9.25. The number of hydrogen-bond acceptors (Lipinski definition) is 7. The summed E-state index contributed by atoms with van der Waals surface area (Å²) in [5.74, 6) is 1.38. The number of benzene rings is 1. The summed E-state index contributed by atoms with van der Waals surface area (Å²) < 4.78 is 29.5. The molecular formula is C12H15N3O3S2. The Bertz CT molecular complexity index is 741. The molecule has 0 radical (unpaired) electrons. The Morgan fingerprint density at radius 1 is 1.50 bits per heavy atom. The Labute approximate surface area is 121 Å². The third kappa shape index (κ3) is 2.45. The molecule has 1 aromatic heterocycles. The SMILES string of the molecule is CS(=O)(=O)C1CSCCN1c1nc2ccc(N)cc2o1. The van der Waals surface area contributed by atoms with Crippen LogP contribution in [-0.2, 0) is 9.84 Å². The molecule has 1 aromatic carbocycles. The van der Waals surface area contributed by atoms with Crippen molar-refractivity contribution in [2.45, 2.75) is 5.37 Å². The van der Waals surface area contributed by atoms with Crippen molar-refractivity contribution in [2.24, 2.45) is 0 Å². The molecule has 1 aliphatic rings. The summed E-state index contributed by atoms with van der Waals surface area (Å²) in [6.45, 7) is 0.602. The molecule has 0 saturated carbocycles. The monoisotopic (exact) mass is 313 g/mol. The van der Waals surface area contributed by atoms with E-state index in [-0.39, 0.29) is 0 Å². The molecule has 1 saturated heterocycles. The lowest BCUT2D eigenvalue weighted by Crippen LogP contribution is -2.47. The topological polar surface area (TPSA) is 89.4 Å². The zero-order valence-electron chi connectivity index (χ0n) is 10.9. The van der Waals surface area contributed by atoms with Crippen LogP contribution in [0.1, 0.15) is 0 Å². The van der Waals surface area contributed by atoms with Crippen molar-refractivity contribution in [1.29, 1.82) is 0 Å². The molecule has 2 heterocycles. The maximum absolute atomic E-state index is 11.9. The highest BCUT2D eigenvalue weighted by molar-refractivity contribution is 8.01. The van der Waals surface area contributed by atoms with Crippen LogP contribution in [0.5, 0.6) is 0 Å². The molecule has 0 bridgehead atoms. The van der Waals surface area contributed by atoms with Crippen LogP contribution in [-0.4, -0.2) is 43.1 Å². The van der Waals surface area contributed by atoms with Gasteiger partial charge in [-0.2, -0.15) is 16.7 Å². The minimum atomic E-state index is -3.19. The van der Waals surface area contributed by atoms with Gasteiger partial charge >= 0.3 is 0 Å². The maximum atomic E-state index is 11.9. The Morgan fingerprint density at radius 2 is 2.30 bits per heavy atom. The van der Waals surface area contributed by atoms with Gasteiger partial charge in [-0.3, -0.25) is 0 Å². The van der Waals surface area contributed by atoms with E-state index in [1.807, 2.05) is 0 Å². The van der Waals surface area contributed by atoms with Crippen LogP contribution < -0.4 is 10.6 Å². The molecule has 1 unspecified atom stereocenters. The molecule has 1 atom stereocenters. The lowest BCUT2D eigenvalue weighted by atomic mass is 10.3. The molecular weight excluding hydrogens is 298 g/mol. The molecule has 0 spiro atoms. The van der Waals surface area contributed by atoms with Crippen LogP contribution in [0.25, 0.3) is 11.1 Å². The number of sulfone groups is 1. The summed E-state index contributed by atoms with van der Waals surface area (Å²) in [5.41, 5.74) is 7.55. The van der Waals surface area contributed by atoms with Gasteiger partial charge < -0.3 is 15.1 Å². The number of anilines is 2. The lowest BCUT2D eigenvalue weighted by Gasteiger charge is -2.32. The molecule has 20 heavy (non-hydrogen) atoms. The minimum absolute atomic E-state index is 0.348. The quantitative estimate of drug-likeness (QED) is 0.837.